The van der Waals surface area contributed by atoms with Gasteiger partial charge in [0.1, 0.15) is 18.1 Å². The molecule has 6 heteroatoms. The molecular weight excluding hydrogens is 1760 g/mol. The zero-order valence-electron chi connectivity index (χ0n) is 75.5. The van der Waals surface area contributed by atoms with Crippen LogP contribution in [0.2, 0.25) is 0 Å². The number of hydrogen-bond donors (Lipinski definition) is 1. The number of benzene rings is 3. The summed E-state index contributed by atoms with van der Waals surface area (Å²) in [6.07, 6.45) is 11.9. The molecule has 1 atom stereocenters. The Labute approximate surface area is 851 Å². The number of H-pyrrole nitrogens is 1. The van der Waals surface area contributed by atoms with Gasteiger partial charge in [-0.3, -0.25) is 4.90 Å². The van der Waals surface area contributed by atoms with Crippen molar-refractivity contribution in [1.82, 2.24) is 9.88 Å². The number of ether oxygens (including phenoxy) is 4. The molecular formula is C139H32N2O4. The van der Waals surface area contributed by atoms with E-state index in [1.165, 1.54) is 33.3 Å². The summed E-state index contributed by atoms with van der Waals surface area (Å²) in [5.74, 6) is 271. The van der Waals surface area contributed by atoms with Gasteiger partial charge < -0.3 is 23.9 Å². The molecule has 4 aromatic rings. The van der Waals surface area contributed by atoms with Gasteiger partial charge in [-0.05, 0) is 161 Å². The molecule has 6 rings (SSSR count). The second-order valence-corrected chi connectivity index (χ2v) is 22.8. The van der Waals surface area contributed by atoms with E-state index in [4.69, 9.17) is 31.8 Å². The van der Waals surface area contributed by atoms with Crippen LogP contribution in [-0.4, -0.2) is 37.8 Å². The van der Waals surface area contributed by atoms with Gasteiger partial charge in [0.05, 0.1) is 21.3 Å². The lowest BCUT2D eigenvalue weighted by Crippen LogP contribution is -2.39. The largest absolute Gasteiger partial charge is 0.497 e. The number of terminal acetylenes is 2. The molecule has 0 radical (unpaired) electrons. The lowest BCUT2D eigenvalue weighted by atomic mass is 9.85. The predicted octanol–water partition coefficient (Wildman–Crippen LogP) is 5.86. The molecule has 0 saturated carbocycles. The SMILES string of the molecule is C#CC#CC#CC#CC#CC#CC#CC#CC#CC#CC#CC#CC#CC#CC#CC#CC#CC#CC#CC#CC#CC#CC#CC#CC#CC#CC#CC#CC#CC#CC#CC#CC#CC#CC#CC#CC#CC#CC#CC#CC#CC#CC#CC#CC#CC#CC#CC#CC#CC#CC#CC#CC#CC#CC#C.COc1ccc2[nH]c3c(c2c1)CC1c2cc(OCc4ccccc4OC)c(OC)cc2CCN1C3. The first kappa shape index (κ1) is 108. The van der Waals surface area contributed by atoms with Gasteiger partial charge in [0.15, 0.2) is 11.5 Å². The summed E-state index contributed by atoms with van der Waals surface area (Å²) in [5.41, 5.74) is 7.55. The van der Waals surface area contributed by atoms with Crippen molar-refractivity contribution in [2.24, 2.45) is 0 Å². The molecule has 1 N–H and O–H groups in total. The number of nitrogens with one attached hydrogen (secondary N) is 1. The van der Waals surface area contributed by atoms with E-state index in [2.05, 4.69) is 674 Å². The zero-order valence-corrected chi connectivity index (χ0v) is 75.5. The van der Waals surface area contributed by atoms with Crippen molar-refractivity contribution in [1.29, 1.82) is 0 Å². The first-order valence-electron chi connectivity index (χ1n) is 39.4. The molecule has 3 heterocycles. The van der Waals surface area contributed by atoms with E-state index in [0.717, 1.165) is 54.5 Å². The van der Waals surface area contributed by atoms with E-state index in [1.54, 1.807) is 21.3 Å². The second kappa shape index (κ2) is 80.7. The van der Waals surface area contributed by atoms with Crippen LogP contribution in [0.25, 0.3) is 10.9 Å². The number of hydrogen-bond acceptors (Lipinski definition) is 5. The molecule has 0 spiro atoms. The van der Waals surface area contributed by atoms with Crippen molar-refractivity contribution in [3.63, 3.8) is 0 Å². The summed E-state index contributed by atoms with van der Waals surface area (Å²) < 4.78 is 23.0. The maximum atomic E-state index is 6.31. The van der Waals surface area contributed by atoms with Crippen molar-refractivity contribution >= 4 is 10.9 Å². The highest BCUT2D eigenvalue weighted by Crippen LogP contribution is 2.44. The molecule has 0 amide bonds. The predicted molar refractivity (Wildman–Crippen MR) is 566 cm³/mol. The highest BCUT2D eigenvalue weighted by molar-refractivity contribution is 5.86. The molecule has 622 valence electrons. The smallest absolute Gasteiger partial charge is 0.162 e. The van der Waals surface area contributed by atoms with Crippen molar-refractivity contribution in [2.75, 3.05) is 27.9 Å². The molecule has 0 aliphatic carbocycles. The molecule has 1 unspecified atom stereocenters. The Morgan fingerprint density at radius 2 is 0.483 bits per heavy atom. The topological polar surface area (TPSA) is 56.0 Å². The van der Waals surface area contributed by atoms with Crippen LogP contribution in [0.1, 0.15) is 34.0 Å². The molecule has 0 saturated heterocycles. The number of nitrogens with zero attached hydrogens (tertiary/aromatic N) is 1. The van der Waals surface area contributed by atoms with Crippen LogP contribution >= 0.6 is 0 Å². The number of para-hydroxylation sites is 1. The molecule has 2 aliphatic rings. The molecule has 2 aliphatic heterocycles. The number of aromatic amines is 1. The van der Waals surface area contributed by atoms with Crippen molar-refractivity contribution in [3.05, 3.63) is 82.5 Å². The van der Waals surface area contributed by atoms with Gasteiger partial charge in [0.25, 0.3) is 0 Å². The minimum atomic E-state index is 0.302. The van der Waals surface area contributed by atoms with Crippen LogP contribution in [0, 0.1) is 652 Å². The first-order valence-corrected chi connectivity index (χ1v) is 39.4. The summed E-state index contributed by atoms with van der Waals surface area (Å²) in [6.45, 7) is 2.36. The average Bonchev–Trinajstić information content (AvgIpc) is 1.64. The summed E-state index contributed by atoms with van der Waals surface area (Å²) in [5, 5.41) is 1.26. The standard InChI is InChI=1S/C110H2.C29H30N2O4/c1-3-5-7-9-11-13-15-17-19-21-23-25-27-29-31-33-35-37-39-41-43-45-47-49-51-53-55-57-59-61-63-65-67-69-71-73-75-77-79-81-83-85-87-89-91-93-95-97-99-101-103-105-107-109-110-108-106-104-102-100-98-96-94-92-90-88-86-84-82-80-78-76-74-72-70-68-66-64-62-60-58-56-54-52-50-48-46-44-42-40-38-36-34-32-30-28-26-24-22-20-18-16-14-12-10-8-6-4-2;1-32-20-8-9-24-22(13-20)23-14-26-21-15-29(35-17-19-6-4-5-7-27(19)33-2)28(34-3)12-18(21)10-11-31(26)16-25(23)30-24/h1-2H;4-9,12-13,15,26,30H,10-11,14,16-17H2,1-3H3. The number of methoxy groups -OCH3 is 3. The fourth-order valence-electron chi connectivity index (χ4n) is 8.94. The van der Waals surface area contributed by atoms with Crippen LogP contribution in [-0.2, 0) is 26.0 Å². The Morgan fingerprint density at radius 3 is 0.703 bits per heavy atom. The summed E-state index contributed by atoms with van der Waals surface area (Å²) >= 11 is 0. The van der Waals surface area contributed by atoms with Crippen molar-refractivity contribution < 1.29 is 18.9 Å². The third-order valence-corrected chi connectivity index (χ3v) is 14.1. The lowest BCUT2D eigenvalue weighted by Gasteiger charge is -2.40. The summed E-state index contributed by atoms with van der Waals surface area (Å²) in [6, 6.07) is 18.9. The van der Waals surface area contributed by atoms with E-state index in [0.29, 0.717) is 12.6 Å². The quantitative estimate of drug-likeness (QED) is 0.246. The minimum absolute atomic E-state index is 0.302. The van der Waals surface area contributed by atoms with E-state index in [1.807, 2.05) is 30.3 Å². The lowest BCUT2D eigenvalue weighted by molar-refractivity contribution is 0.158. The van der Waals surface area contributed by atoms with Crippen LogP contribution in [0.5, 0.6) is 23.0 Å². The van der Waals surface area contributed by atoms with Crippen LogP contribution < -0.4 is 18.9 Å². The Morgan fingerprint density at radius 1 is 0.255 bits per heavy atom. The zero-order chi connectivity index (χ0) is 102. The van der Waals surface area contributed by atoms with Gasteiger partial charge in [0.2, 0.25) is 0 Å². The number of fused-ring (bicyclic) bond motifs is 6. The van der Waals surface area contributed by atoms with Gasteiger partial charge in [-0.15, -0.1) is 12.8 Å². The maximum Gasteiger partial charge on any atom is 0.162 e. The Kier molecular flexibility index (Phi) is 59.9. The van der Waals surface area contributed by atoms with Crippen molar-refractivity contribution in [2.45, 2.75) is 32.0 Å². The third kappa shape index (κ3) is 56.9. The second-order valence-electron chi connectivity index (χ2n) is 22.8. The number of rotatable bonds is 6. The third-order valence-electron chi connectivity index (χ3n) is 14.1. The number of aromatic nitrogens is 1. The monoisotopic (exact) mass is 1790 g/mol. The van der Waals surface area contributed by atoms with Crippen LogP contribution in [0.4, 0.5) is 0 Å². The Balaban J connectivity index is 0.000000864. The molecule has 6 nitrogen and oxygen atoms in total. The summed E-state index contributed by atoms with van der Waals surface area (Å²) in [7, 11) is 5.11. The summed E-state index contributed by atoms with van der Waals surface area (Å²) in [4.78, 5) is 6.23. The molecule has 0 bridgehead atoms. The van der Waals surface area contributed by atoms with Gasteiger partial charge in [0, 0.05) is 586 Å². The van der Waals surface area contributed by atoms with Gasteiger partial charge in [-0.1, -0.05) is 18.2 Å². The Hall–Kier alpha value is -27.8. The molecule has 1 aromatic heterocycles. The van der Waals surface area contributed by atoms with Gasteiger partial charge >= 0.3 is 0 Å². The van der Waals surface area contributed by atoms with Crippen molar-refractivity contribution in [3.8, 4) is 675 Å². The minimum Gasteiger partial charge on any atom is -0.497 e. The average molecular weight is 1790 g/mol. The highest BCUT2D eigenvalue weighted by atomic mass is 16.5. The molecule has 3 aromatic carbocycles. The van der Waals surface area contributed by atoms with Crippen LogP contribution in [0.3, 0.4) is 0 Å². The Bertz CT molecular complexity index is 9600. The van der Waals surface area contributed by atoms with E-state index in [-0.39, 0.29) is 0 Å². The van der Waals surface area contributed by atoms with E-state index >= 15 is 0 Å². The first-order chi connectivity index (χ1) is 72.1. The van der Waals surface area contributed by atoms with Gasteiger partial charge in [-0.25, -0.2) is 0 Å². The highest BCUT2D eigenvalue weighted by Gasteiger charge is 2.35. The van der Waals surface area contributed by atoms with E-state index in [9.17, 15) is 0 Å². The molecule has 0 fully saturated rings. The normalized spacial score (nSPS) is 7.06. The fraction of sp³-hybridized carbons (Fsp3) is 0.0647. The van der Waals surface area contributed by atoms with E-state index < -0.39 is 0 Å². The van der Waals surface area contributed by atoms with Gasteiger partial charge in [-0.2, -0.15) is 0 Å². The molecule has 145 heavy (non-hydrogen) atoms. The maximum absolute atomic E-state index is 6.31. The van der Waals surface area contributed by atoms with Crippen LogP contribution in [0.15, 0.2) is 54.6 Å². The fourth-order valence-corrected chi connectivity index (χ4v) is 8.94.